The molecule has 3 heteroatoms. The zero-order valence-corrected chi connectivity index (χ0v) is 14.0. The topological polar surface area (TPSA) is 27.1 Å². The number of benzene rings is 2. The van der Waals surface area contributed by atoms with Gasteiger partial charge >= 0.3 is 0 Å². The minimum atomic E-state index is 0.771. The van der Waals surface area contributed by atoms with Crippen LogP contribution in [0, 0.1) is 0 Å². The minimum absolute atomic E-state index is 0.771. The average molecular weight is 318 g/mol. The van der Waals surface area contributed by atoms with E-state index in [1.807, 2.05) is 12.1 Å². The molecule has 2 heterocycles. The third kappa shape index (κ3) is 2.82. The van der Waals surface area contributed by atoms with Gasteiger partial charge in [-0.3, -0.25) is 0 Å². The molecule has 0 aliphatic carbocycles. The number of ether oxygens (including phenoxy) is 1. The molecule has 0 bridgehead atoms. The highest BCUT2D eigenvalue weighted by atomic mass is 16.5. The van der Waals surface area contributed by atoms with Crippen LogP contribution >= 0.6 is 0 Å². The van der Waals surface area contributed by atoms with Crippen LogP contribution in [0.25, 0.3) is 22.6 Å². The molecule has 1 aromatic heterocycles. The van der Waals surface area contributed by atoms with Crippen LogP contribution in [0.4, 0.5) is 0 Å². The molecular formula is C21H22N2O. The zero-order valence-electron chi connectivity index (χ0n) is 14.0. The van der Waals surface area contributed by atoms with Crippen LogP contribution in [-0.4, -0.2) is 16.2 Å². The summed E-state index contributed by atoms with van der Waals surface area (Å²) < 4.78 is 8.10. The zero-order chi connectivity index (χ0) is 16.4. The van der Waals surface area contributed by atoms with Crippen molar-refractivity contribution in [2.45, 2.75) is 32.7 Å². The summed E-state index contributed by atoms with van der Waals surface area (Å²) in [5, 5.41) is 0. The van der Waals surface area contributed by atoms with Crippen molar-refractivity contribution in [3.63, 3.8) is 0 Å². The van der Waals surface area contributed by atoms with Crippen LogP contribution in [0.15, 0.2) is 54.7 Å². The molecule has 0 atom stereocenters. The van der Waals surface area contributed by atoms with E-state index in [0.29, 0.717) is 0 Å². The van der Waals surface area contributed by atoms with Gasteiger partial charge in [0.25, 0.3) is 0 Å². The van der Waals surface area contributed by atoms with E-state index in [1.54, 1.807) is 0 Å². The summed E-state index contributed by atoms with van der Waals surface area (Å²) in [4.78, 5) is 4.91. The van der Waals surface area contributed by atoms with Gasteiger partial charge in [0, 0.05) is 23.9 Å². The Morgan fingerprint density at radius 3 is 2.96 bits per heavy atom. The Hall–Kier alpha value is -2.55. The van der Waals surface area contributed by atoms with Crippen molar-refractivity contribution >= 4 is 0 Å². The maximum Gasteiger partial charge on any atom is 0.140 e. The van der Waals surface area contributed by atoms with E-state index >= 15 is 0 Å². The second kappa shape index (κ2) is 6.52. The highest BCUT2D eigenvalue weighted by Gasteiger charge is 2.18. The highest BCUT2D eigenvalue weighted by Crippen LogP contribution is 2.32. The summed E-state index contributed by atoms with van der Waals surface area (Å²) in [5.41, 5.74) is 4.77. The molecule has 3 aromatic rings. The summed E-state index contributed by atoms with van der Waals surface area (Å²) in [5.74, 6) is 2.00. The fraction of sp³-hybridized carbons (Fsp3) is 0.286. The molecule has 0 fully saturated rings. The van der Waals surface area contributed by atoms with Crippen molar-refractivity contribution in [3.8, 4) is 28.4 Å². The number of nitrogens with zero attached hydrogens (tertiary/aromatic N) is 2. The number of aromatic nitrogens is 2. The third-order valence-electron chi connectivity index (χ3n) is 4.55. The van der Waals surface area contributed by atoms with Crippen molar-refractivity contribution in [2.75, 3.05) is 6.61 Å². The smallest absolute Gasteiger partial charge is 0.140 e. The van der Waals surface area contributed by atoms with E-state index < -0.39 is 0 Å². The molecule has 4 rings (SSSR count). The van der Waals surface area contributed by atoms with E-state index in [-0.39, 0.29) is 0 Å². The normalized spacial score (nSPS) is 12.5. The largest absolute Gasteiger partial charge is 0.494 e. The van der Waals surface area contributed by atoms with Gasteiger partial charge in [0.15, 0.2) is 0 Å². The van der Waals surface area contributed by atoms with Gasteiger partial charge in [-0.15, -0.1) is 0 Å². The predicted molar refractivity (Wildman–Crippen MR) is 97.2 cm³/mol. The minimum Gasteiger partial charge on any atom is -0.494 e. The molecular weight excluding hydrogens is 296 g/mol. The van der Waals surface area contributed by atoms with Crippen molar-refractivity contribution in [1.29, 1.82) is 0 Å². The second-order valence-electron chi connectivity index (χ2n) is 6.28. The van der Waals surface area contributed by atoms with Crippen LogP contribution in [0.5, 0.6) is 5.75 Å². The lowest BCUT2D eigenvalue weighted by Crippen LogP contribution is -2.09. The summed E-state index contributed by atoms with van der Waals surface area (Å²) >= 11 is 0. The van der Waals surface area contributed by atoms with Crippen LogP contribution in [0.1, 0.15) is 25.3 Å². The molecule has 0 amide bonds. The van der Waals surface area contributed by atoms with Gasteiger partial charge in [-0.05, 0) is 30.5 Å². The van der Waals surface area contributed by atoms with Crippen LogP contribution in [0.2, 0.25) is 0 Å². The maximum atomic E-state index is 5.83. The summed E-state index contributed by atoms with van der Waals surface area (Å²) in [6.07, 6.45) is 5.46. The first kappa shape index (κ1) is 15.0. The second-order valence-corrected chi connectivity index (χ2v) is 6.28. The van der Waals surface area contributed by atoms with E-state index in [1.165, 1.54) is 11.1 Å². The Kier molecular flexibility index (Phi) is 4.08. The molecule has 0 radical (unpaired) electrons. The highest BCUT2D eigenvalue weighted by molar-refractivity contribution is 5.69. The summed E-state index contributed by atoms with van der Waals surface area (Å²) in [6.45, 7) is 3.94. The molecule has 0 unspecified atom stereocenters. The Bertz CT molecular complexity index is 851. The van der Waals surface area contributed by atoms with E-state index in [0.717, 1.165) is 55.2 Å². The molecule has 3 nitrogen and oxygen atoms in total. The molecule has 1 aliphatic heterocycles. The monoisotopic (exact) mass is 318 g/mol. The molecule has 0 saturated heterocycles. The van der Waals surface area contributed by atoms with Gasteiger partial charge in [0.1, 0.15) is 11.6 Å². The summed E-state index contributed by atoms with van der Waals surface area (Å²) in [6, 6.07) is 16.8. The summed E-state index contributed by atoms with van der Waals surface area (Å²) in [7, 11) is 0. The quantitative estimate of drug-likeness (QED) is 0.622. The molecule has 0 spiro atoms. The number of unbranched alkanes of at least 4 members (excludes halogenated alkanes) is 1. The van der Waals surface area contributed by atoms with Gasteiger partial charge in [-0.1, -0.05) is 49.7 Å². The van der Waals surface area contributed by atoms with Crippen molar-refractivity contribution in [3.05, 3.63) is 60.3 Å². The lowest BCUT2D eigenvalue weighted by atomic mass is 10.0. The molecule has 0 saturated carbocycles. The van der Waals surface area contributed by atoms with Gasteiger partial charge in [0.05, 0.1) is 12.3 Å². The van der Waals surface area contributed by atoms with Crippen molar-refractivity contribution < 1.29 is 4.74 Å². The molecule has 1 aliphatic rings. The fourth-order valence-electron chi connectivity index (χ4n) is 3.22. The van der Waals surface area contributed by atoms with Crippen molar-refractivity contribution in [2.24, 2.45) is 0 Å². The lowest BCUT2D eigenvalue weighted by molar-refractivity contribution is 0.309. The van der Waals surface area contributed by atoms with Crippen LogP contribution < -0.4 is 4.74 Å². The Labute approximate surface area is 142 Å². The first-order chi connectivity index (χ1) is 11.8. The van der Waals surface area contributed by atoms with Crippen molar-refractivity contribution in [1.82, 2.24) is 9.55 Å². The molecule has 24 heavy (non-hydrogen) atoms. The van der Waals surface area contributed by atoms with Crippen LogP contribution in [-0.2, 0) is 13.0 Å². The lowest BCUT2D eigenvalue weighted by Gasteiger charge is -2.17. The Balaban J connectivity index is 1.65. The Morgan fingerprint density at radius 2 is 2.04 bits per heavy atom. The molecule has 122 valence electrons. The molecule has 2 aromatic carbocycles. The van der Waals surface area contributed by atoms with Gasteiger partial charge in [-0.2, -0.15) is 0 Å². The number of rotatable bonds is 5. The average Bonchev–Trinajstić information content (AvgIpc) is 3.07. The van der Waals surface area contributed by atoms with Gasteiger partial charge in [0.2, 0.25) is 0 Å². The standard InChI is InChI=1S/C21H22N2O/c1-2-3-13-24-18-9-6-8-17(14-18)20-15-23-12-11-16-7-4-5-10-19(16)21(23)22-20/h4-10,14-15H,2-3,11-13H2,1H3. The number of hydrogen-bond acceptors (Lipinski definition) is 2. The number of hydrogen-bond donors (Lipinski definition) is 0. The van der Waals surface area contributed by atoms with Gasteiger partial charge in [-0.25, -0.2) is 4.98 Å². The maximum absolute atomic E-state index is 5.83. The number of imidazole rings is 1. The van der Waals surface area contributed by atoms with Gasteiger partial charge < -0.3 is 9.30 Å². The SMILES string of the molecule is CCCCOc1cccc(-c2cn3c(n2)-c2ccccc2CC3)c1. The fourth-order valence-corrected chi connectivity index (χ4v) is 3.22. The Morgan fingerprint density at radius 1 is 1.12 bits per heavy atom. The van der Waals surface area contributed by atoms with E-state index in [4.69, 9.17) is 9.72 Å². The number of fused-ring (bicyclic) bond motifs is 3. The van der Waals surface area contributed by atoms with E-state index in [9.17, 15) is 0 Å². The third-order valence-corrected chi connectivity index (χ3v) is 4.55. The van der Waals surface area contributed by atoms with Crippen LogP contribution in [0.3, 0.4) is 0 Å². The first-order valence-corrected chi connectivity index (χ1v) is 8.74. The first-order valence-electron chi connectivity index (χ1n) is 8.74. The number of aryl methyl sites for hydroxylation is 2. The predicted octanol–water partition coefficient (Wildman–Crippen LogP) is 4.95. The molecule has 0 N–H and O–H groups in total. The van der Waals surface area contributed by atoms with E-state index in [2.05, 4.69) is 54.1 Å².